The van der Waals surface area contributed by atoms with Crippen LogP contribution in [0.5, 0.6) is 0 Å². The maximum atomic E-state index is 12.5. The van der Waals surface area contributed by atoms with Gasteiger partial charge in [-0.2, -0.15) is 0 Å². The molecule has 0 radical (unpaired) electrons. The van der Waals surface area contributed by atoms with Crippen LogP contribution in [-0.2, 0) is 19.6 Å². The van der Waals surface area contributed by atoms with Crippen LogP contribution < -0.4 is 0 Å². The monoisotopic (exact) mass is 333 g/mol. The van der Waals surface area contributed by atoms with Crippen LogP contribution in [-0.4, -0.2) is 49.8 Å². The van der Waals surface area contributed by atoms with E-state index in [0.717, 1.165) is 10.5 Å². The number of sulfonamides is 1. The lowest BCUT2D eigenvalue weighted by Crippen LogP contribution is -2.29. The van der Waals surface area contributed by atoms with E-state index in [9.17, 15) is 13.2 Å². The molecule has 2 fully saturated rings. The Balaban J connectivity index is 1.90. The van der Waals surface area contributed by atoms with Crippen molar-refractivity contribution in [1.82, 2.24) is 4.47 Å². The smallest absolute Gasteiger partial charge is 0.335 e. The van der Waals surface area contributed by atoms with Gasteiger partial charge in [0.25, 0.3) is 10.0 Å². The summed E-state index contributed by atoms with van der Waals surface area (Å²) in [4.78, 5) is 16.1. The van der Waals surface area contributed by atoms with E-state index in [4.69, 9.17) is 26.3 Å². The second-order valence-corrected chi connectivity index (χ2v) is 7.09. The van der Waals surface area contributed by atoms with Crippen molar-refractivity contribution in [1.29, 1.82) is 0 Å². The molecule has 0 aliphatic carbocycles. The fraction of sp³-hybridized carbons (Fsp3) is 0.417. The Labute approximate surface area is 126 Å². The molecule has 114 valence electrons. The van der Waals surface area contributed by atoms with Crippen LogP contribution >= 0.6 is 11.6 Å². The zero-order valence-corrected chi connectivity index (χ0v) is 12.3. The van der Waals surface area contributed by atoms with Crippen molar-refractivity contribution in [3.8, 4) is 0 Å². The normalized spacial score (nSPS) is 26.0. The quantitative estimate of drug-likeness (QED) is 0.886. The van der Waals surface area contributed by atoms with Crippen LogP contribution in [0.2, 0.25) is 5.02 Å². The molecule has 2 atom stereocenters. The second kappa shape index (κ2) is 5.22. The summed E-state index contributed by atoms with van der Waals surface area (Å²) in [6, 6.07) is 3.48. The first-order chi connectivity index (χ1) is 9.89. The number of aromatic carboxylic acids is 1. The van der Waals surface area contributed by atoms with E-state index in [0.29, 0.717) is 13.2 Å². The molecule has 0 amide bonds. The first-order valence-electron chi connectivity index (χ1n) is 6.19. The van der Waals surface area contributed by atoms with E-state index < -0.39 is 16.0 Å². The van der Waals surface area contributed by atoms with E-state index in [1.807, 2.05) is 0 Å². The second-order valence-electron chi connectivity index (χ2n) is 4.88. The predicted molar refractivity (Wildman–Crippen MR) is 71.5 cm³/mol. The third kappa shape index (κ3) is 2.53. The molecular weight excluding hydrogens is 322 g/mol. The maximum absolute atomic E-state index is 12.5. The Kier molecular flexibility index (Phi) is 3.66. The molecule has 0 unspecified atom stereocenters. The van der Waals surface area contributed by atoms with Crippen LogP contribution in [0.4, 0.5) is 0 Å². The molecule has 1 N–H and O–H groups in total. The molecule has 7 nitrogen and oxygen atoms in total. The number of carboxylic acids is 1. The number of carbonyl (C=O) groups is 1. The summed E-state index contributed by atoms with van der Waals surface area (Å²) in [5.74, 6) is -1.17. The van der Waals surface area contributed by atoms with Gasteiger partial charge in [0, 0.05) is 12.5 Å². The molecule has 21 heavy (non-hydrogen) atoms. The van der Waals surface area contributed by atoms with Crippen LogP contribution in [0.3, 0.4) is 0 Å². The van der Waals surface area contributed by atoms with Gasteiger partial charge in [-0.1, -0.05) is 16.1 Å². The predicted octanol–water partition coefficient (Wildman–Crippen LogP) is 0.989. The van der Waals surface area contributed by atoms with Gasteiger partial charge in [-0.15, -0.1) is 0 Å². The zero-order valence-electron chi connectivity index (χ0n) is 10.7. The van der Waals surface area contributed by atoms with Gasteiger partial charge < -0.3 is 9.84 Å². The van der Waals surface area contributed by atoms with E-state index in [-0.39, 0.29) is 34.0 Å². The van der Waals surface area contributed by atoms with Crippen molar-refractivity contribution < 1.29 is 27.9 Å². The van der Waals surface area contributed by atoms with Gasteiger partial charge in [-0.3, -0.25) is 4.84 Å². The lowest BCUT2D eigenvalue weighted by atomic mass is 10.1. The summed E-state index contributed by atoms with van der Waals surface area (Å²) in [5, 5.41) is 8.72. The zero-order chi connectivity index (χ0) is 15.2. The fourth-order valence-electron chi connectivity index (χ4n) is 2.36. The summed E-state index contributed by atoms with van der Waals surface area (Å²) < 4.78 is 31.1. The van der Waals surface area contributed by atoms with Gasteiger partial charge in [-0.25, -0.2) is 13.2 Å². The minimum Gasteiger partial charge on any atom is -0.478 e. The summed E-state index contributed by atoms with van der Waals surface area (Å²) in [6.45, 7) is 1.02. The number of nitrogens with zero attached hydrogens (tertiary/aromatic N) is 1. The highest BCUT2D eigenvalue weighted by molar-refractivity contribution is 7.89. The third-order valence-corrected chi connectivity index (χ3v) is 5.61. The Morgan fingerprint density at radius 2 is 2.14 bits per heavy atom. The van der Waals surface area contributed by atoms with Gasteiger partial charge >= 0.3 is 5.97 Å². The molecule has 2 aliphatic rings. The molecule has 2 aliphatic heterocycles. The third-order valence-electron chi connectivity index (χ3n) is 3.50. The Bertz CT molecular complexity index is 679. The van der Waals surface area contributed by atoms with Crippen molar-refractivity contribution in [3.05, 3.63) is 28.8 Å². The van der Waals surface area contributed by atoms with Gasteiger partial charge in [0.15, 0.2) is 0 Å². The number of hydroxylamine groups is 1. The first-order valence-corrected chi connectivity index (χ1v) is 8.01. The molecule has 0 saturated carbocycles. The lowest BCUT2D eigenvalue weighted by molar-refractivity contribution is -0.0866. The Hall–Kier alpha value is -1.19. The number of rotatable bonds is 3. The number of halogens is 1. The number of fused-ring (bicyclic) bond motifs is 1. The first kappa shape index (κ1) is 14.7. The summed E-state index contributed by atoms with van der Waals surface area (Å²) >= 11 is 5.91. The van der Waals surface area contributed by atoms with E-state index in [2.05, 4.69) is 0 Å². The molecule has 0 bridgehead atoms. The molecule has 1 aromatic rings. The van der Waals surface area contributed by atoms with Crippen molar-refractivity contribution in [2.45, 2.75) is 11.0 Å². The minimum absolute atomic E-state index is 0.0110. The van der Waals surface area contributed by atoms with Crippen LogP contribution in [0.15, 0.2) is 23.1 Å². The van der Waals surface area contributed by atoms with E-state index >= 15 is 0 Å². The van der Waals surface area contributed by atoms with E-state index in [1.54, 1.807) is 0 Å². The Morgan fingerprint density at radius 1 is 1.38 bits per heavy atom. The van der Waals surface area contributed by atoms with E-state index in [1.165, 1.54) is 12.1 Å². The Morgan fingerprint density at radius 3 is 2.76 bits per heavy atom. The molecular formula is C12H12ClNO6S. The molecule has 9 heteroatoms. The van der Waals surface area contributed by atoms with Gasteiger partial charge in [0.2, 0.25) is 0 Å². The largest absolute Gasteiger partial charge is 0.478 e. The SMILES string of the molecule is O=C(O)c1ccc(S(=O)(=O)N2C[C@@H]3COC[C@@H]3O2)c(Cl)c1. The molecule has 2 saturated heterocycles. The summed E-state index contributed by atoms with van der Waals surface area (Å²) in [7, 11) is -3.92. The number of carboxylic acid groups (broad SMARTS) is 1. The summed E-state index contributed by atoms with van der Waals surface area (Å²) in [6.07, 6.45) is -0.267. The average molecular weight is 334 g/mol. The highest BCUT2D eigenvalue weighted by Gasteiger charge is 2.44. The fourth-order valence-corrected chi connectivity index (χ4v) is 4.21. The van der Waals surface area contributed by atoms with Gasteiger partial charge in [-0.05, 0) is 18.2 Å². The number of benzene rings is 1. The highest BCUT2D eigenvalue weighted by atomic mass is 35.5. The molecule has 0 aromatic heterocycles. The number of ether oxygens (including phenoxy) is 1. The molecule has 3 rings (SSSR count). The van der Waals surface area contributed by atoms with Crippen LogP contribution in [0.25, 0.3) is 0 Å². The topological polar surface area (TPSA) is 93.1 Å². The molecule has 1 aromatic carbocycles. The molecule has 2 heterocycles. The van der Waals surface area contributed by atoms with Crippen molar-refractivity contribution in [2.24, 2.45) is 5.92 Å². The lowest BCUT2D eigenvalue weighted by Gasteiger charge is -2.17. The average Bonchev–Trinajstić information content (AvgIpc) is 2.98. The highest BCUT2D eigenvalue weighted by Crippen LogP contribution is 2.33. The maximum Gasteiger partial charge on any atom is 0.335 e. The molecule has 0 spiro atoms. The minimum atomic E-state index is -3.92. The van der Waals surface area contributed by atoms with Crippen LogP contribution in [0.1, 0.15) is 10.4 Å². The standard InChI is InChI=1S/C12H12ClNO6S/c13-9-3-7(12(15)16)1-2-11(9)21(17,18)14-4-8-5-19-6-10(8)20-14/h1-3,8,10H,4-6H2,(H,15,16)/t8-,10+/m1/s1. The van der Waals surface area contributed by atoms with Crippen molar-refractivity contribution in [3.63, 3.8) is 0 Å². The van der Waals surface area contributed by atoms with Gasteiger partial charge in [0.1, 0.15) is 11.0 Å². The van der Waals surface area contributed by atoms with Crippen LogP contribution in [0, 0.1) is 5.92 Å². The van der Waals surface area contributed by atoms with Gasteiger partial charge in [0.05, 0.1) is 23.8 Å². The number of hydrogen-bond acceptors (Lipinski definition) is 5. The summed E-state index contributed by atoms with van der Waals surface area (Å²) in [5.41, 5.74) is -0.0773. The number of hydrogen-bond donors (Lipinski definition) is 1. The van der Waals surface area contributed by atoms with Crippen molar-refractivity contribution >= 4 is 27.6 Å². The van der Waals surface area contributed by atoms with Crippen molar-refractivity contribution in [2.75, 3.05) is 19.8 Å².